The van der Waals surface area contributed by atoms with Gasteiger partial charge in [-0.15, -0.1) is 0 Å². The van der Waals surface area contributed by atoms with Gasteiger partial charge in [0.2, 0.25) is 11.7 Å². The highest BCUT2D eigenvalue weighted by Gasteiger charge is 2.11. The zero-order valence-corrected chi connectivity index (χ0v) is 15.6. The van der Waals surface area contributed by atoms with Gasteiger partial charge in [-0.1, -0.05) is 35.0 Å². The van der Waals surface area contributed by atoms with Crippen molar-refractivity contribution in [3.05, 3.63) is 65.8 Å². The summed E-state index contributed by atoms with van der Waals surface area (Å²) in [7, 11) is 0. The van der Waals surface area contributed by atoms with Gasteiger partial charge in [-0.2, -0.15) is 4.98 Å². The smallest absolute Gasteiger partial charge is 0.306 e. The van der Waals surface area contributed by atoms with E-state index in [-0.39, 0.29) is 31.2 Å². The van der Waals surface area contributed by atoms with E-state index in [4.69, 9.17) is 9.26 Å². The summed E-state index contributed by atoms with van der Waals surface area (Å²) in [5.74, 6) is 0.506. The Balaban J connectivity index is 1.35. The van der Waals surface area contributed by atoms with Crippen LogP contribution in [0.4, 0.5) is 0 Å². The molecule has 2 aromatic heterocycles. The number of esters is 1. The van der Waals surface area contributed by atoms with Gasteiger partial charge >= 0.3 is 5.97 Å². The fourth-order valence-electron chi connectivity index (χ4n) is 2.55. The maximum atomic E-state index is 12.1. The van der Waals surface area contributed by atoms with E-state index in [2.05, 4.69) is 15.1 Å². The fraction of sp³-hybridized carbons (Fsp3) is 0.286. The quantitative estimate of drug-likeness (QED) is 0.318. The van der Waals surface area contributed by atoms with Crippen molar-refractivity contribution >= 4 is 11.8 Å². The Morgan fingerprint density at radius 3 is 2.68 bits per heavy atom. The predicted octanol–water partition coefficient (Wildman–Crippen LogP) is 3.58. The highest BCUT2D eigenvalue weighted by atomic mass is 16.5. The van der Waals surface area contributed by atoms with Crippen LogP contribution in [0.3, 0.4) is 0 Å². The Morgan fingerprint density at radius 1 is 1.11 bits per heavy atom. The molecular weight excluding hydrogens is 358 g/mol. The van der Waals surface area contributed by atoms with Gasteiger partial charge in [-0.25, -0.2) is 0 Å². The lowest BCUT2D eigenvalue weighted by Crippen LogP contribution is -2.09. The van der Waals surface area contributed by atoms with Crippen LogP contribution in [0.5, 0.6) is 0 Å². The molecule has 0 fully saturated rings. The van der Waals surface area contributed by atoms with Crippen LogP contribution in [0.15, 0.2) is 53.3 Å². The normalized spacial score (nSPS) is 10.6. The number of rotatable bonds is 9. The van der Waals surface area contributed by atoms with Gasteiger partial charge in [0, 0.05) is 36.4 Å². The molecule has 7 nitrogen and oxygen atoms in total. The largest absolute Gasteiger partial charge is 0.466 e. The summed E-state index contributed by atoms with van der Waals surface area (Å²) in [6.45, 7) is 2.20. The number of benzene rings is 1. The number of aryl methyl sites for hydroxylation is 2. The van der Waals surface area contributed by atoms with Gasteiger partial charge in [0.05, 0.1) is 13.0 Å². The second-order valence-corrected chi connectivity index (χ2v) is 6.37. The molecule has 3 aromatic rings. The van der Waals surface area contributed by atoms with E-state index in [0.29, 0.717) is 30.1 Å². The molecular formula is C21H21N3O4. The third-order valence-electron chi connectivity index (χ3n) is 4.12. The summed E-state index contributed by atoms with van der Waals surface area (Å²) in [6.07, 6.45) is 4.61. The Morgan fingerprint density at radius 2 is 1.93 bits per heavy atom. The molecule has 0 N–H and O–H groups in total. The van der Waals surface area contributed by atoms with Crippen molar-refractivity contribution in [2.75, 3.05) is 6.61 Å². The first-order valence-electron chi connectivity index (χ1n) is 9.10. The molecule has 7 heteroatoms. The highest BCUT2D eigenvalue weighted by molar-refractivity contribution is 5.97. The van der Waals surface area contributed by atoms with Crippen LogP contribution in [-0.2, 0) is 16.0 Å². The Bertz CT molecular complexity index is 920. The van der Waals surface area contributed by atoms with Gasteiger partial charge in [0.1, 0.15) is 0 Å². The first-order chi connectivity index (χ1) is 13.6. The summed E-state index contributed by atoms with van der Waals surface area (Å²) >= 11 is 0. The van der Waals surface area contributed by atoms with Crippen molar-refractivity contribution in [1.82, 2.24) is 15.1 Å². The van der Waals surface area contributed by atoms with Crippen LogP contribution < -0.4 is 0 Å². The van der Waals surface area contributed by atoms with Crippen LogP contribution in [0.2, 0.25) is 0 Å². The summed E-state index contributed by atoms with van der Waals surface area (Å²) in [5.41, 5.74) is 2.48. The summed E-state index contributed by atoms with van der Waals surface area (Å²) in [4.78, 5) is 32.2. The zero-order chi connectivity index (χ0) is 19.8. The van der Waals surface area contributed by atoms with Gasteiger partial charge in [-0.3, -0.25) is 14.6 Å². The van der Waals surface area contributed by atoms with E-state index < -0.39 is 0 Å². The topological polar surface area (TPSA) is 95.2 Å². The van der Waals surface area contributed by atoms with Crippen LogP contribution in [0.1, 0.15) is 41.1 Å². The lowest BCUT2D eigenvalue weighted by Gasteiger charge is -2.04. The van der Waals surface area contributed by atoms with Gasteiger partial charge < -0.3 is 9.26 Å². The SMILES string of the molecule is Cc1ccc(C(=O)CCC(=O)OCCCc2nc(-c3cccnc3)no2)cc1. The molecule has 0 aliphatic carbocycles. The second kappa shape index (κ2) is 9.55. The van der Waals surface area contributed by atoms with Crippen LogP contribution in [0, 0.1) is 6.92 Å². The van der Waals surface area contributed by atoms with E-state index in [0.717, 1.165) is 11.1 Å². The minimum absolute atomic E-state index is 0.0641. The van der Waals surface area contributed by atoms with Crippen molar-refractivity contribution in [3.63, 3.8) is 0 Å². The molecule has 0 spiro atoms. The van der Waals surface area contributed by atoms with Crippen molar-refractivity contribution in [1.29, 1.82) is 0 Å². The maximum absolute atomic E-state index is 12.1. The highest BCUT2D eigenvalue weighted by Crippen LogP contribution is 2.14. The van der Waals surface area contributed by atoms with Crippen LogP contribution >= 0.6 is 0 Å². The number of pyridine rings is 1. The summed E-state index contributed by atoms with van der Waals surface area (Å²) in [6, 6.07) is 10.9. The monoisotopic (exact) mass is 379 g/mol. The minimum Gasteiger partial charge on any atom is -0.466 e. The average molecular weight is 379 g/mol. The summed E-state index contributed by atoms with van der Waals surface area (Å²) < 4.78 is 10.4. The van der Waals surface area contributed by atoms with E-state index in [1.807, 2.05) is 25.1 Å². The number of ketones is 1. The zero-order valence-electron chi connectivity index (χ0n) is 15.6. The number of aromatic nitrogens is 3. The molecule has 0 aliphatic rings. The molecule has 0 saturated carbocycles. The first kappa shape index (κ1) is 19.4. The van der Waals surface area contributed by atoms with Gasteiger partial charge in [-0.05, 0) is 25.5 Å². The number of carbonyl (C=O) groups excluding carboxylic acids is 2. The minimum atomic E-state index is -0.387. The van der Waals surface area contributed by atoms with Crippen molar-refractivity contribution in [2.45, 2.75) is 32.6 Å². The number of Topliss-reactive ketones (excluding diaryl/α,β-unsaturated/α-hetero) is 1. The molecule has 0 aliphatic heterocycles. The molecule has 28 heavy (non-hydrogen) atoms. The molecule has 144 valence electrons. The molecule has 1 aromatic carbocycles. The average Bonchev–Trinajstić information content (AvgIpc) is 3.19. The standard InChI is InChI=1S/C21H21N3O4/c1-15-6-8-16(9-7-15)18(25)10-11-20(26)27-13-3-5-19-23-21(24-28-19)17-4-2-12-22-14-17/h2,4,6-9,12,14H,3,5,10-11,13H2,1H3. The molecule has 0 amide bonds. The number of hydrogen-bond acceptors (Lipinski definition) is 7. The molecule has 0 radical (unpaired) electrons. The molecule has 0 unspecified atom stereocenters. The lowest BCUT2D eigenvalue weighted by atomic mass is 10.1. The third-order valence-corrected chi connectivity index (χ3v) is 4.12. The third kappa shape index (κ3) is 5.57. The number of hydrogen-bond donors (Lipinski definition) is 0. The van der Waals surface area contributed by atoms with E-state index in [9.17, 15) is 9.59 Å². The number of carbonyl (C=O) groups is 2. The Hall–Kier alpha value is -3.35. The Kier molecular flexibility index (Phi) is 6.62. The summed E-state index contributed by atoms with van der Waals surface area (Å²) in [5, 5.41) is 3.91. The van der Waals surface area contributed by atoms with Gasteiger partial charge in [0.25, 0.3) is 0 Å². The molecule has 2 heterocycles. The molecule has 0 bridgehead atoms. The van der Waals surface area contributed by atoms with E-state index in [1.54, 1.807) is 30.6 Å². The predicted molar refractivity (Wildman–Crippen MR) is 102 cm³/mol. The second-order valence-electron chi connectivity index (χ2n) is 6.37. The number of nitrogens with zero attached hydrogens (tertiary/aromatic N) is 3. The molecule has 0 saturated heterocycles. The van der Waals surface area contributed by atoms with Gasteiger partial charge in [0.15, 0.2) is 5.78 Å². The fourth-order valence-corrected chi connectivity index (χ4v) is 2.55. The van der Waals surface area contributed by atoms with E-state index >= 15 is 0 Å². The van der Waals surface area contributed by atoms with Crippen molar-refractivity contribution in [3.8, 4) is 11.4 Å². The van der Waals surface area contributed by atoms with Crippen LogP contribution in [-0.4, -0.2) is 33.5 Å². The maximum Gasteiger partial charge on any atom is 0.306 e. The van der Waals surface area contributed by atoms with Crippen molar-refractivity contribution < 1.29 is 18.8 Å². The van der Waals surface area contributed by atoms with Crippen LogP contribution in [0.25, 0.3) is 11.4 Å². The number of ether oxygens (including phenoxy) is 1. The lowest BCUT2D eigenvalue weighted by molar-refractivity contribution is -0.143. The molecule has 3 rings (SSSR count). The Labute approximate surface area is 162 Å². The first-order valence-corrected chi connectivity index (χ1v) is 9.10. The van der Waals surface area contributed by atoms with E-state index in [1.165, 1.54) is 0 Å². The molecule has 0 atom stereocenters. The van der Waals surface area contributed by atoms with Crippen molar-refractivity contribution in [2.24, 2.45) is 0 Å².